The average molecular weight is 243 g/mol. The van der Waals surface area contributed by atoms with Crippen LogP contribution in [0.2, 0.25) is 0 Å². The van der Waals surface area contributed by atoms with Crippen molar-refractivity contribution in [3.63, 3.8) is 0 Å². The first-order valence-corrected chi connectivity index (χ1v) is 5.28. The van der Waals surface area contributed by atoms with Gasteiger partial charge in [-0.1, -0.05) is 23.4 Å². The molecule has 1 N–H and O–H groups in total. The Morgan fingerprint density at radius 1 is 1.39 bits per heavy atom. The Labute approximate surface area is 101 Å². The zero-order valence-electron chi connectivity index (χ0n) is 9.49. The number of rotatable bonds is 2. The highest BCUT2D eigenvalue weighted by Gasteiger charge is 2.21. The fourth-order valence-electron chi connectivity index (χ4n) is 1.94. The van der Waals surface area contributed by atoms with Crippen molar-refractivity contribution in [2.45, 2.75) is 0 Å². The van der Waals surface area contributed by atoms with E-state index in [-0.39, 0.29) is 11.3 Å². The summed E-state index contributed by atoms with van der Waals surface area (Å²) in [5.74, 6) is -0.903. The standard InChI is InChI=1S/C12H9N3O3/c1-15-9-5-3-2-4-7(9)10(14-15)11-8(12(16)17)6-13-18-11/h2-6H,1H3,(H,16,17). The summed E-state index contributed by atoms with van der Waals surface area (Å²) >= 11 is 0. The van der Waals surface area contributed by atoms with Crippen LogP contribution in [0.4, 0.5) is 0 Å². The lowest BCUT2D eigenvalue weighted by Crippen LogP contribution is -1.97. The van der Waals surface area contributed by atoms with Gasteiger partial charge in [0.2, 0.25) is 5.76 Å². The number of aromatic carboxylic acids is 1. The van der Waals surface area contributed by atoms with Gasteiger partial charge < -0.3 is 9.63 Å². The number of hydrogen-bond acceptors (Lipinski definition) is 4. The first kappa shape index (κ1) is 10.5. The average Bonchev–Trinajstić information content (AvgIpc) is 2.95. The molecule has 1 aromatic carbocycles. The molecule has 0 aliphatic carbocycles. The van der Waals surface area contributed by atoms with E-state index in [2.05, 4.69) is 10.3 Å². The van der Waals surface area contributed by atoms with Gasteiger partial charge in [0.1, 0.15) is 11.3 Å². The molecule has 0 aliphatic heterocycles. The van der Waals surface area contributed by atoms with Gasteiger partial charge >= 0.3 is 5.97 Å². The topological polar surface area (TPSA) is 81.2 Å². The zero-order chi connectivity index (χ0) is 12.7. The number of carbonyl (C=O) groups is 1. The van der Waals surface area contributed by atoms with Crippen LogP contribution in [0.1, 0.15) is 10.4 Å². The molecule has 90 valence electrons. The maximum absolute atomic E-state index is 11.1. The van der Waals surface area contributed by atoms with Crippen molar-refractivity contribution in [1.82, 2.24) is 14.9 Å². The number of aromatic nitrogens is 3. The van der Waals surface area contributed by atoms with Crippen molar-refractivity contribution in [3.8, 4) is 11.5 Å². The molecule has 2 aromatic heterocycles. The normalized spacial score (nSPS) is 10.9. The van der Waals surface area contributed by atoms with Crippen molar-refractivity contribution >= 4 is 16.9 Å². The summed E-state index contributed by atoms with van der Waals surface area (Å²) in [7, 11) is 1.79. The van der Waals surface area contributed by atoms with E-state index in [0.29, 0.717) is 5.69 Å². The molecule has 0 spiro atoms. The minimum Gasteiger partial charge on any atom is -0.477 e. The Morgan fingerprint density at radius 2 is 2.17 bits per heavy atom. The predicted octanol–water partition coefficient (Wildman–Crippen LogP) is 1.93. The largest absolute Gasteiger partial charge is 0.477 e. The van der Waals surface area contributed by atoms with Crippen molar-refractivity contribution in [1.29, 1.82) is 0 Å². The second-order valence-electron chi connectivity index (χ2n) is 3.86. The molecular weight excluding hydrogens is 234 g/mol. The van der Waals surface area contributed by atoms with Gasteiger partial charge in [0.25, 0.3) is 0 Å². The number of hydrogen-bond donors (Lipinski definition) is 1. The summed E-state index contributed by atoms with van der Waals surface area (Å²) in [6.45, 7) is 0. The van der Waals surface area contributed by atoms with Gasteiger partial charge in [-0.3, -0.25) is 4.68 Å². The Balaban J connectivity index is 2.32. The molecule has 6 heteroatoms. The molecule has 3 aromatic rings. The van der Waals surface area contributed by atoms with Gasteiger partial charge in [0.15, 0.2) is 0 Å². The van der Waals surface area contributed by atoms with Crippen LogP contribution in [-0.2, 0) is 7.05 Å². The molecule has 2 heterocycles. The molecule has 0 saturated carbocycles. The fraction of sp³-hybridized carbons (Fsp3) is 0.0833. The van der Waals surface area contributed by atoms with E-state index in [9.17, 15) is 4.79 Å². The SMILES string of the molecule is Cn1nc(-c2oncc2C(=O)O)c2ccccc21. The second kappa shape index (κ2) is 3.69. The number of para-hydroxylation sites is 1. The molecule has 18 heavy (non-hydrogen) atoms. The lowest BCUT2D eigenvalue weighted by Gasteiger charge is -1.93. The summed E-state index contributed by atoms with van der Waals surface area (Å²) < 4.78 is 6.71. The van der Waals surface area contributed by atoms with Crippen molar-refractivity contribution in [2.24, 2.45) is 7.05 Å². The third kappa shape index (κ3) is 1.39. The van der Waals surface area contributed by atoms with Crippen LogP contribution in [0, 0.1) is 0 Å². The molecular formula is C12H9N3O3. The van der Waals surface area contributed by atoms with Gasteiger partial charge in [0, 0.05) is 12.4 Å². The lowest BCUT2D eigenvalue weighted by molar-refractivity contribution is 0.0697. The molecule has 6 nitrogen and oxygen atoms in total. The summed E-state index contributed by atoms with van der Waals surface area (Å²) in [6, 6.07) is 7.53. The van der Waals surface area contributed by atoms with Crippen molar-refractivity contribution in [3.05, 3.63) is 36.0 Å². The lowest BCUT2D eigenvalue weighted by atomic mass is 10.1. The fourth-order valence-corrected chi connectivity index (χ4v) is 1.94. The minimum absolute atomic E-state index is 0.0128. The van der Waals surface area contributed by atoms with E-state index in [1.165, 1.54) is 6.20 Å². The number of carboxylic acids is 1. The van der Waals surface area contributed by atoms with Crippen molar-refractivity contribution in [2.75, 3.05) is 0 Å². The maximum Gasteiger partial charge on any atom is 0.341 e. The summed E-state index contributed by atoms with van der Waals surface area (Å²) in [6.07, 6.45) is 1.18. The third-order valence-electron chi connectivity index (χ3n) is 2.77. The second-order valence-corrected chi connectivity index (χ2v) is 3.86. The van der Waals surface area contributed by atoms with Gasteiger partial charge in [-0.25, -0.2) is 4.79 Å². The number of aryl methyl sites for hydroxylation is 1. The van der Waals surface area contributed by atoms with Gasteiger partial charge in [0.05, 0.1) is 11.7 Å². The van der Waals surface area contributed by atoms with E-state index >= 15 is 0 Å². The van der Waals surface area contributed by atoms with E-state index < -0.39 is 5.97 Å². The van der Waals surface area contributed by atoms with Gasteiger partial charge in [-0.05, 0) is 6.07 Å². The molecule has 0 aliphatic rings. The number of benzene rings is 1. The molecule has 0 atom stereocenters. The van der Waals surface area contributed by atoms with Gasteiger partial charge in [-0.15, -0.1) is 0 Å². The molecule has 0 amide bonds. The van der Waals surface area contributed by atoms with E-state index in [0.717, 1.165) is 10.9 Å². The first-order valence-electron chi connectivity index (χ1n) is 5.28. The minimum atomic E-state index is -1.08. The zero-order valence-corrected chi connectivity index (χ0v) is 9.49. The molecule has 0 bridgehead atoms. The van der Waals surface area contributed by atoms with E-state index in [1.54, 1.807) is 11.7 Å². The molecule has 0 radical (unpaired) electrons. The quantitative estimate of drug-likeness (QED) is 0.743. The first-order chi connectivity index (χ1) is 8.68. The Kier molecular flexibility index (Phi) is 2.16. The molecule has 0 saturated heterocycles. The Hall–Kier alpha value is -2.63. The highest BCUT2D eigenvalue weighted by Crippen LogP contribution is 2.29. The van der Waals surface area contributed by atoms with Crippen LogP contribution in [0.5, 0.6) is 0 Å². The van der Waals surface area contributed by atoms with Crippen LogP contribution >= 0.6 is 0 Å². The third-order valence-corrected chi connectivity index (χ3v) is 2.77. The highest BCUT2D eigenvalue weighted by atomic mass is 16.5. The van der Waals surface area contributed by atoms with E-state index in [4.69, 9.17) is 9.63 Å². The van der Waals surface area contributed by atoms with Crippen LogP contribution in [0.3, 0.4) is 0 Å². The predicted molar refractivity (Wildman–Crippen MR) is 63.2 cm³/mol. The monoisotopic (exact) mass is 243 g/mol. The summed E-state index contributed by atoms with van der Waals surface area (Å²) in [5.41, 5.74) is 1.40. The van der Waals surface area contributed by atoms with Crippen LogP contribution in [-0.4, -0.2) is 26.0 Å². The Morgan fingerprint density at radius 3 is 2.94 bits per heavy atom. The Bertz CT molecular complexity index is 742. The van der Waals surface area contributed by atoms with Crippen LogP contribution in [0.15, 0.2) is 35.0 Å². The van der Waals surface area contributed by atoms with E-state index in [1.807, 2.05) is 24.3 Å². The van der Waals surface area contributed by atoms with Crippen LogP contribution in [0.25, 0.3) is 22.4 Å². The summed E-state index contributed by atoms with van der Waals surface area (Å²) in [4.78, 5) is 11.1. The number of carboxylic acid groups (broad SMARTS) is 1. The number of nitrogens with zero attached hydrogens (tertiary/aromatic N) is 3. The molecule has 3 rings (SSSR count). The molecule has 0 unspecified atom stereocenters. The highest BCUT2D eigenvalue weighted by molar-refractivity contribution is 5.99. The smallest absolute Gasteiger partial charge is 0.341 e. The number of fused-ring (bicyclic) bond motifs is 1. The maximum atomic E-state index is 11.1. The van der Waals surface area contributed by atoms with Gasteiger partial charge in [-0.2, -0.15) is 5.10 Å². The molecule has 0 fully saturated rings. The van der Waals surface area contributed by atoms with Crippen molar-refractivity contribution < 1.29 is 14.4 Å². The van der Waals surface area contributed by atoms with Crippen LogP contribution < -0.4 is 0 Å². The summed E-state index contributed by atoms with van der Waals surface area (Å²) in [5, 5.41) is 17.7.